The van der Waals surface area contributed by atoms with Crippen molar-refractivity contribution in [3.05, 3.63) is 52.9 Å². The Kier molecular flexibility index (Phi) is 5.36. The number of hydrogen-bond donors (Lipinski definition) is 1. The van der Waals surface area contributed by atoms with Crippen molar-refractivity contribution < 1.29 is 14.1 Å². The van der Waals surface area contributed by atoms with Crippen LogP contribution in [0.3, 0.4) is 0 Å². The average Bonchev–Trinajstić information content (AvgIpc) is 2.83. The Labute approximate surface area is 130 Å². The zero-order chi connectivity index (χ0) is 15.9. The van der Waals surface area contributed by atoms with Gasteiger partial charge in [0.2, 0.25) is 0 Å². The van der Waals surface area contributed by atoms with Gasteiger partial charge in [-0.1, -0.05) is 17.3 Å². The molecule has 0 spiro atoms. The van der Waals surface area contributed by atoms with Gasteiger partial charge in [0.05, 0.1) is 12.3 Å². The number of benzene rings is 1. The lowest BCUT2D eigenvalue weighted by Gasteiger charge is -2.06. The van der Waals surface area contributed by atoms with Crippen LogP contribution in [0, 0.1) is 13.8 Å². The minimum Gasteiger partial charge on any atom is -0.463 e. The molecule has 22 heavy (non-hydrogen) atoms. The maximum absolute atomic E-state index is 11.2. The second-order valence-corrected chi connectivity index (χ2v) is 4.86. The van der Waals surface area contributed by atoms with E-state index in [0.717, 1.165) is 28.3 Å². The SMILES string of the molecule is CCOC(=O)C=Cc1ccc(NCc2c(C)noc2C)cc1. The highest BCUT2D eigenvalue weighted by Crippen LogP contribution is 2.16. The third kappa shape index (κ3) is 4.22. The van der Waals surface area contributed by atoms with E-state index in [2.05, 4.69) is 10.5 Å². The summed E-state index contributed by atoms with van der Waals surface area (Å²) in [5.74, 6) is 0.502. The molecule has 0 bridgehead atoms. The Morgan fingerprint density at radius 3 is 2.64 bits per heavy atom. The molecule has 0 atom stereocenters. The fraction of sp³-hybridized carbons (Fsp3) is 0.294. The minimum atomic E-state index is -0.330. The molecule has 0 radical (unpaired) electrons. The first-order valence-electron chi connectivity index (χ1n) is 7.20. The van der Waals surface area contributed by atoms with Crippen LogP contribution in [-0.4, -0.2) is 17.7 Å². The van der Waals surface area contributed by atoms with E-state index in [9.17, 15) is 4.79 Å². The molecule has 0 aliphatic rings. The monoisotopic (exact) mass is 300 g/mol. The predicted molar refractivity (Wildman–Crippen MR) is 85.4 cm³/mol. The van der Waals surface area contributed by atoms with Crippen LogP contribution in [0.1, 0.15) is 29.5 Å². The van der Waals surface area contributed by atoms with Crippen LogP contribution in [0.15, 0.2) is 34.9 Å². The van der Waals surface area contributed by atoms with Gasteiger partial charge in [0, 0.05) is 23.9 Å². The van der Waals surface area contributed by atoms with Crippen LogP contribution in [0.5, 0.6) is 0 Å². The first-order chi connectivity index (χ1) is 10.6. The Morgan fingerprint density at radius 1 is 1.32 bits per heavy atom. The molecular weight excluding hydrogens is 280 g/mol. The fourth-order valence-corrected chi connectivity index (χ4v) is 2.01. The molecular formula is C17H20N2O3. The van der Waals surface area contributed by atoms with Gasteiger partial charge >= 0.3 is 5.97 Å². The molecule has 0 aliphatic heterocycles. The van der Waals surface area contributed by atoms with Gasteiger partial charge in [-0.25, -0.2) is 4.79 Å². The molecule has 1 heterocycles. The predicted octanol–water partition coefficient (Wildman–Crippen LogP) is 3.48. The van der Waals surface area contributed by atoms with Gasteiger partial charge in [-0.15, -0.1) is 0 Å². The Balaban J connectivity index is 1.93. The van der Waals surface area contributed by atoms with Crippen LogP contribution in [0.25, 0.3) is 6.08 Å². The smallest absolute Gasteiger partial charge is 0.330 e. The van der Waals surface area contributed by atoms with Crippen molar-refractivity contribution in [3.63, 3.8) is 0 Å². The molecule has 1 N–H and O–H groups in total. The maximum Gasteiger partial charge on any atom is 0.330 e. The van der Waals surface area contributed by atoms with Crippen LogP contribution < -0.4 is 5.32 Å². The maximum atomic E-state index is 11.2. The molecule has 2 aromatic rings. The molecule has 116 valence electrons. The third-order valence-electron chi connectivity index (χ3n) is 3.26. The summed E-state index contributed by atoms with van der Waals surface area (Å²) in [6, 6.07) is 7.79. The highest BCUT2D eigenvalue weighted by atomic mass is 16.5. The largest absolute Gasteiger partial charge is 0.463 e. The number of aryl methyl sites for hydroxylation is 2. The lowest BCUT2D eigenvalue weighted by Crippen LogP contribution is -2.01. The van der Waals surface area contributed by atoms with Crippen molar-refractivity contribution in [2.45, 2.75) is 27.3 Å². The summed E-state index contributed by atoms with van der Waals surface area (Å²) in [7, 11) is 0. The van der Waals surface area contributed by atoms with E-state index in [1.54, 1.807) is 13.0 Å². The molecule has 0 saturated heterocycles. The number of carbonyl (C=O) groups excluding carboxylic acids is 1. The van der Waals surface area contributed by atoms with Gasteiger partial charge in [0.15, 0.2) is 0 Å². The van der Waals surface area contributed by atoms with Gasteiger partial charge in [0.25, 0.3) is 0 Å². The van der Waals surface area contributed by atoms with E-state index in [-0.39, 0.29) is 5.97 Å². The molecule has 0 amide bonds. The molecule has 1 aromatic carbocycles. The van der Waals surface area contributed by atoms with Crippen LogP contribution in [0.2, 0.25) is 0 Å². The number of rotatable bonds is 6. The number of nitrogens with zero attached hydrogens (tertiary/aromatic N) is 1. The van der Waals surface area contributed by atoms with Gasteiger partial charge in [-0.05, 0) is 44.5 Å². The summed E-state index contributed by atoms with van der Waals surface area (Å²) in [6.07, 6.45) is 3.16. The molecule has 5 heteroatoms. The molecule has 0 saturated carbocycles. The molecule has 5 nitrogen and oxygen atoms in total. The number of anilines is 1. The van der Waals surface area contributed by atoms with Gasteiger partial charge in [-0.3, -0.25) is 0 Å². The van der Waals surface area contributed by atoms with Crippen molar-refractivity contribution >= 4 is 17.7 Å². The van der Waals surface area contributed by atoms with Gasteiger partial charge in [0.1, 0.15) is 5.76 Å². The summed E-state index contributed by atoms with van der Waals surface area (Å²) in [5.41, 5.74) is 3.91. The summed E-state index contributed by atoms with van der Waals surface area (Å²) < 4.78 is 9.97. The standard InChI is InChI=1S/C17H20N2O3/c1-4-21-17(20)10-7-14-5-8-15(9-6-14)18-11-16-12(2)19-22-13(16)3/h5-10,18H,4,11H2,1-3H3. The number of nitrogens with one attached hydrogen (secondary N) is 1. The normalized spacial score (nSPS) is 10.9. The van der Waals surface area contributed by atoms with Crippen molar-refractivity contribution in [1.29, 1.82) is 0 Å². The van der Waals surface area contributed by atoms with Crippen molar-refractivity contribution in [1.82, 2.24) is 5.16 Å². The molecule has 2 rings (SSSR count). The summed E-state index contributed by atoms with van der Waals surface area (Å²) >= 11 is 0. The van der Waals surface area contributed by atoms with Crippen molar-refractivity contribution in [3.8, 4) is 0 Å². The summed E-state index contributed by atoms with van der Waals surface area (Å²) in [5, 5.41) is 7.26. The Bertz CT molecular complexity index is 638. The van der Waals surface area contributed by atoms with E-state index >= 15 is 0 Å². The second-order valence-electron chi connectivity index (χ2n) is 4.86. The summed E-state index contributed by atoms with van der Waals surface area (Å²) in [4.78, 5) is 11.2. The van der Waals surface area contributed by atoms with Gasteiger partial charge < -0.3 is 14.6 Å². The highest BCUT2D eigenvalue weighted by molar-refractivity contribution is 5.87. The zero-order valence-corrected chi connectivity index (χ0v) is 13.1. The van der Waals surface area contributed by atoms with E-state index in [1.807, 2.05) is 38.1 Å². The minimum absolute atomic E-state index is 0.330. The van der Waals surface area contributed by atoms with Gasteiger partial charge in [-0.2, -0.15) is 0 Å². The lowest BCUT2D eigenvalue weighted by atomic mass is 10.1. The van der Waals surface area contributed by atoms with Crippen LogP contribution in [-0.2, 0) is 16.1 Å². The molecule has 0 unspecified atom stereocenters. The Hall–Kier alpha value is -2.56. The molecule has 0 fully saturated rings. The van der Waals surface area contributed by atoms with Crippen molar-refractivity contribution in [2.24, 2.45) is 0 Å². The first-order valence-corrected chi connectivity index (χ1v) is 7.20. The third-order valence-corrected chi connectivity index (χ3v) is 3.26. The van der Waals surface area contributed by atoms with E-state index in [4.69, 9.17) is 9.26 Å². The van der Waals surface area contributed by atoms with E-state index in [0.29, 0.717) is 13.2 Å². The Morgan fingerprint density at radius 2 is 2.05 bits per heavy atom. The zero-order valence-electron chi connectivity index (χ0n) is 13.1. The quantitative estimate of drug-likeness (QED) is 0.653. The number of aromatic nitrogens is 1. The lowest BCUT2D eigenvalue weighted by molar-refractivity contribution is -0.137. The molecule has 0 aliphatic carbocycles. The number of esters is 1. The van der Waals surface area contributed by atoms with Crippen LogP contribution in [0.4, 0.5) is 5.69 Å². The summed E-state index contributed by atoms with van der Waals surface area (Å²) in [6.45, 7) is 6.66. The molecule has 1 aromatic heterocycles. The fourth-order valence-electron chi connectivity index (χ4n) is 2.01. The number of ether oxygens (including phenoxy) is 1. The van der Waals surface area contributed by atoms with Crippen molar-refractivity contribution in [2.75, 3.05) is 11.9 Å². The topological polar surface area (TPSA) is 64.4 Å². The van der Waals surface area contributed by atoms with E-state index < -0.39 is 0 Å². The van der Waals surface area contributed by atoms with E-state index in [1.165, 1.54) is 6.08 Å². The second kappa shape index (κ2) is 7.45. The number of carbonyl (C=O) groups is 1. The highest BCUT2D eigenvalue weighted by Gasteiger charge is 2.07. The average molecular weight is 300 g/mol. The van der Waals surface area contributed by atoms with Crippen LogP contribution >= 0.6 is 0 Å². The number of hydrogen-bond acceptors (Lipinski definition) is 5. The first kappa shape index (κ1) is 15.8.